The first-order chi connectivity index (χ1) is 12.5. The first kappa shape index (κ1) is 15.5. The molecule has 3 heterocycles. The number of hydrogen-bond acceptors (Lipinski definition) is 5. The monoisotopic (exact) mass is 353 g/mol. The lowest BCUT2D eigenvalue weighted by Crippen LogP contribution is -2.54. The molecule has 1 aliphatic carbocycles. The van der Waals surface area contributed by atoms with Gasteiger partial charge in [-0.15, -0.1) is 0 Å². The molecule has 7 heteroatoms. The summed E-state index contributed by atoms with van der Waals surface area (Å²) in [4.78, 5) is 51.8. The maximum Gasteiger partial charge on any atom is 0.249 e. The highest BCUT2D eigenvalue weighted by Gasteiger charge is 2.62. The van der Waals surface area contributed by atoms with E-state index in [0.717, 1.165) is 36.1 Å². The van der Waals surface area contributed by atoms with E-state index < -0.39 is 17.4 Å². The Hall–Kier alpha value is -2.70. The first-order valence-corrected chi connectivity index (χ1v) is 9.06. The number of fused-ring (bicyclic) bond motifs is 2. The zero-order chi connectivity index (χ0) is 18.1. The molecule has 1 N–H and O–H groups in total. The quantitative estimate of drug-likeness (QED) is 0.632. The Kier molecular flexibility index (Phi) is 3.08. The van der Waals surface area contributed by atoms with E-state index in [4.69, 9.17) is 0 Å². The van der Waals surface area contributed by atoms with Crippen molar-refractivity contribution in [2.45, 2.75) is 37.1 Å². The number of amides is 3. The predicted octanol–water partition coefficient (Wildman–Crippen LogP) is 0.505. The summed E-state index contributed by atoms with van der Waals surface area (Å²) in [5, 5.41) is 2.36. The fraction of sp³-hybridized carbons (Fsp3) is 0.474. The number of rotatable bonds is 3. The molecule has 2 saturated heterocycles. The van der Waals surface area contributed by atoms with Crippen LogP contribution in [0.25, 0.3) is 0 Å². The van der Waals surface area contributed by atoms with Crippen molar-refractivity contribution >= 4 is 35.4 Å². The fourth-order valence-corrected chi connectivity index (χ4v) is 4.55. The van der Waals surface area contributed by atoms with Gasteiger partial charge in [-0.3, -0.25) is 24.6 Å². The Morgan fingerprint density at radius 3 is 2.50 bits per heavy atom. The number of nitrogens with one attached hydrogen (secondary N) is 1. The number of benzene rings is 1. The first-order valence-electron chi connectivity index (χ1n) is 9.06. The van der Waals surface area contributed by atoms with Gasteiger partial charge in [-0.25, -0.2) is 0 Å². The van der Waals surface area contributed by atoms with Crippen molar-refractivity contribution in [1.82, 2.24) is 5.32 Å². The highest BCUT2D eigenvalue weighted by molar-refractivity contribution is 6.16. The molecule has 0 unspecified atom stereocenters. The van der Waals surface area contributed by atoms with Gasteiger partial charge in [0.05, 0.1) is 11.1 Å². The Labute approximate surface area is 150 Å². The summed E-state index contributed by atoms with van der Waals surface area (Å²) >= 11 is 0. The van der Waals surface area contributed by atoms with Crippen molar-refractivity contribution in [3.05, 3.63) is 23.8 Å². The Morgan fingerprint density at radius 2 is 1.85 bits per heavy atom. The van der Waals surface area contributed by atoms with Crippen LogP contribution >= 0.6 is 0 Å². The molecule has 4 aliphatic rings. The third-order valence-corrected chi connectivity index (χ3v) is 6.10. The second-order valence-electron chi connectivity index (χ2n) is 7.70. The lowest BCUT2D eigenvalue weighted by molar-refractivity contribution is -0.135. The summed E-state index contributed by atoms with van der Waals surface area (Å²) in [5.74, 6) is -0.659. The van der Waals surface area contributed by atoms with E-state index in [1.165, 1.54) is 0 Å². The van der Waals surface area contributed by atoms with Gasteiger partial charge in [-0.1, -0.05) is 6.07 Å². The van der Waals surface area contributed by atoms with Crippen LogP contribution in [0.5, 0.6) is 0 Å². The van der Waals surface area contributed by atoms with Gasteiger partial charge in [0.2, 0.25) is 17.7 Å². The Morgan fingerprint density at radius 1 is 1.12 bits per heavy atom. The second-order valence-corrected chi connectivity index (χ2v) is 7.70. The van der Waals surface area contributed by atoms with Gasteiger partial charge in [0.15, 0.2) is 0 Å². The molecular formula is C19H19N3O4. The lowest BCUT2D eigenvalue weighted by atomic mass is 9.92. The van der Waals surface area contributed by atoms with E-state index in [-0.39, 0.29) is 24.2 Å². The minimum atomic E-state index is -0.631. The van der Waals surface area contributed by atoms with Gasteiger partial charge in [0.25, 0.3) is 0 Å². The summed E-state index contributed by atoms with van der Waals surface area (Å²) in [6.07, 6.45) is 3.14. The average molecular weight is 353 g/mol. The molecule has 1 aromatic rings. The molecule has 3 aliphatic heterocycles. The predicted molar refractivity (Wildman–Crippen MR) is 92.8 cm³/mol. The van der Waals surface area contributed by atoms with Crippen LogP contribution in [0.1, 0.15) is 31.2 Å². The van der Waals surface area contributed by atoms with Crippen LogP contribution < -0.4 is 15.1 Å². The minimum Gasteiger partial charge on any atom is -0.370 e. The van der Waals surface area contributed by atoms with Crippen molar-refractivity contribution in [3.63, 3.8) is 0 Å². The molecule has 1 saturated carbocycles. The van der Waals surface area contributed by atoms with Crippen molar-refractivity contribution < 1.29 is 19.2 Å². The number of carbonyl (C=O) groups is 4. The molecule has 3 fully saturated rings. The number of anilines is 2. The maximum atomic E-state index is 13.3. The van der Waals surface area contributed by atoms with Gasteiger partial charge >= 0.3 is 0 Å². The van der Waals surface area contributed by atoms with Gasteiger partial charge in [-0.2, -0.15) is 0 Å². The lowest BCUT2D eigenvalue weighted by Gasteiger charge is -2.39. The maximum absolute atomic E-state index is 13.3. The smallest absolute Gasteiger partial charge is 0.249 e. The molecule has 26 heavy (non-hydrogen) atoms. The van der Waals surface area contributed by atoms with Crippen LogP contribution in [-0.2, 0) is 24.6 Å². The zero-order valence-electron chi connectivity index (χ0n) is 14.2. The van der Waals surface area contributed by atoms with E-state index in [9.17, 15) is 19.2 Å². The molecular weight excluding hydrogens is 334 g/mol. The van der Waals surface area contributed by atoms with Gasteiger partial charge in [-0.05, 0) is 31.4 Å². The number of piperidine rings is 1. The van der Waals surface area contributed by atoms with Gasteiger partial charge in [0.1, 0.15) is 12.3 Å². The molecule has 0 radical (unpaired) electrons. The third-order valence-electron chi connectivity index (χ3n) is 6.10. The van der Waals surface area contributed by atoms with Crippen molar-refractivity contribution in [3.8, 4) is 0 Å². The van der Waals surface area contributed by atoms with E-state index in [0.29, 0.717) is 19.5 Å². The van der Waals surface area contributed by atoms with Crippen LogP contribution in [0.2, 0.25) is 0 Å². The van der Waals surface area contributed by atoms with E-state index in [1.54, 1.807) is 4.90 Å². The molecule has 1 atom stereocenters. The van der Waals surface area contributed by atoms with Crippen molar-refractivity contribution in [2.75, 3.05) is 22.9 Å². The van der Waals surface area contributed by atoms with Crippen LogP contribution in [0.3, 0.4) is 0 Å². The van der Waals surface area contributed by atoms with E-state index >= 15 is 0 Å². The third kappa shape index (κ3) is 1.94. The summed E-state index contributed by atoms with van der Waals surface area (Å²) in [5.41, 5.74) is 2.26. The number of imide groups is 1. The van der Waals surface area contributed by atoms with Crippen molar-refractivity contribution in [2.24, 2.45) is 5.92 Å². The Balaban J connectivity index is 1.56. The van der Waals surface area contributed by atoms with Crippen LogP contribution in [0, 0.1) is 5.92 Å². The van der Waals surface area contributed by atoms with Gasteiger partial charge in [0, 0.05) is 36.7 Å². The van der Waals surface area contributed by atoms with Crippen LogP contribution in [0.4, 0.5) is 11.4 Å². The normalized spacial score (nSPS) is 26.6. The Bertz CT molecular complexity index is 854. The fourth-order valence-electron chi connectivity index (χ4n) is 4.55. The standard InChI is InChI=1S/C19H19N3O4/c23-10-11-8-21(9-11)12-2-1-3-13-16(12)19(6-7-19)18(26)22(13)14-4-5-15(24)20-17(14)25/h1-3,10-11,14H,4-9H2,(H,20,24,25)/t14-/m1/s1. The zero-order valence-corrected chi connectivity index (χ0v) is 14.2. The topological polar surface area (TPSA) is 86.8 Å². The SMILES string of the molecule is O=CC1CN(c2cccc3c2C2(CC2)C(=O)N3[C@@H]2CCC(=O)NC2=O)C1. The van der Waals surface area contributed by atoms with E-state index in [1.807, 2.05) is 18.2 Å². The second kappa shape index (κ2) is 5.16. The molecule has 0 bridgehead atoms. The molecule has 1 aromatic carbocycles. The molecule has 7 nitrogen and oxygen atoms in total. The number of nitrogens with zero attached hydrogens (tertiary/aromatic N) is 2. The van der Waals surface area contributed by atoms with Crippen molar-refractivity contribution in [1.29, 1.82) is 0 Å². The average Bonchev–Trinajstić information content (AvgIpc) is 3.33. The number of aldehydes is 1. The summed E-state index contributed by atoms with van der Waals surface area (Å²) in [6.45, 7) is 1.34. The highest BCUT2D eigenvalue weighted by atomic mass is 16.2. The number of hydrogen-bond donors (Lipinski definition) is 1. The molecule has 134 valence electrons. The van der Waals surface area contributed by atoms with E-state index in [2.05, 4.69) is 10.2 Å². The molecule has 3 amide bonds. The largest absolute Gasteiger partial charge is 0.370 e. The summed E-state index contributed by atoms with van der Waals surface area (Å²) in [6, 6.07) is 5.16. The molecule has 5 rings (SSSR count). The molecule has 0 aromatic heterocycles. The summed E-state index contributed by atoms with van der Waals surface area (Å²) < 4.78 is 0. The minimum absolute atomic E-state index is 0.0260. The highest BCUT2D eigenvalue weighted by Crippen LogP contribution is 2.61. The van der Waals surface area contributed by atoms with Gasteiger partial charge < -0.3 is 9.69 Å². The number of carbonyl (C=O) groups excluding carboxylic acids is 4. The van der Waals surface area contributed by atoms with Crippen LogP contribution in [0.15, 0.2) is 18.2 Å². The van der Waals surface area contributed by atoms with Crippen LogP contribution in [-0.4, -0.2) is 43.1 Å². The molecule has 1 spiro atoms. The summed E-state index contributed by atoms with van der Waals surface area (Å²) in [7, 11) is 0.